The molecule has 2 amide bonds. The van der Waals surface area contributed by atoms with Crippen molar-refractivity contribution in [3.63, 3.8) is 0 Å². The zero-order valence-electron chi connectivity index (χ0n) is 14.5. The van der Waals surface area contributed by atoms with Gasteiger partial charge in [-0.1, -0.05) is 25.2 Å². The Labute approximate surface area is 149 Å². The second-order valence-electron chi connectivity index (χ2n) is 5.40. The molecule has 2 aromatic rings. The molecule has 9 heteroatoms. The molecule has 0 aliphatic rings. The number of rotatable bonds is 7. The monoisotopic (exact) mass is 364 g/mol. The van der Waals surface area contributed by atoms with E-state index in [9.17, 15) is 9.59 Å². The van der Waals surface area contributed by atoms with E-state index in [0.29, 0.717) is 22.2 Å². The third kappa shape index (κ3) is 4.90. The van der Waals surface area contributed by atoms with Gasteiger partial charge in [0.05, 0.1) is 20.8 Å². The van der Waals surface area contributed by atoms with Crippen LogP contribution in [0.3, 0.4) is 0 Å². The SMILES string of the molecule is COc1ccc(C(=O)NCC(=O)Nc2nnc(C(C)C)s2)cc1OC. The predicted octanol–water partition coefficient (Wildman–Crippen LogP) is 2.05. The molecular formula is C16H20N4O4S. The van der Waals surface area contributed by atoms with E-state index in [-0.39, 0.29) is 18.4 Å². The number of nitrogens with zero attached hydrogens (tertiary/aromatic N) is 2. The van der Waals surface area contributed by atoms with Gasteiger partial charge >= 0.3 is 0 Å². The molecule has 2 N–H and O–H groups in total. The summed E-state index contributed by atoms with van der Waals surface area (Å²) in [5.41, 5.74) is 0.364. The molecule has 0 spiro atoms. The highest BCUT2D eigenvalue weighted by atomic mass is 32.1. The number of hydrogen-bond acceptors (Lipinski definition) is 7. The molecular weight excluding hydrogens is 344 g/mol. The lowest BCUT2D eigenvalue weighted by molar-refractivity contribution is -0.115. The van der Waals surface area contributed by atoms with Crippen molar-refractivity contribution in [2.45, 2.75) is 19.8 Å². The summed E-state index contributed by atoms with van der Waals surface area (Å²) in [6.45, 7) is 3.81. The Hall–Kier alpha value is -2.68. The Bertz CT molecular complexity index is 760. The average Bonchev–Trinajstić information content (AvgIpc) is 3.07. The van der Waals surface area contributed by atoms with Crippen LogP contribution in [0.2, 0.25) is 0 Å². The van der Waals surface area contributed by atoms with Crippen LogP contribution in [0.5, 0.6) is 11.5 Å². The number of methoxy groups -OCH3 is 2. The molecule has 0 fully saturated rings. The molecule has 0 unspecified atom stereocenters. The van der Waals surface area contributed by atoms with E-state index in [2.05, 4.69) is 20.8 Å². The van der Waals surface area contributed by atoms with E-state index in [4.69, 9.17) is 9.47 Å². The number of hydrogen-bond donors (Lipinski definition) is 2. The number of benzene rings is 1. The lowest BCUT2D eigenvalue weighted by atomic mass is 10.2. The Morgan fingerprint density at radius 2 is 1.88 bits per heavy atom. The van der Waals surface area contributed by atoms with Gasteiger partial charge in [-0.25, -0.2) is 0 Å². The van der Waals surface area contributed by atoms with Gasteiger partial charge < -0.3 is 14.8 Å². The molecule has 1 aromatic carbocycles. The minimum absolute atomic E-state index is 0.177. The maximum absolute atomic E-state index is 12.1. The summed E-state index contributed by atoms with van der Waals surface area (Å²) in [4.78, 5) is 24.1. The third-order valence-corrected chi connectivity index (χ3v) is 4.38. The summed E-state index contributed by atoms with van der Waals surface area (Å²) >= 11 is 1.31. The van der Waals surface area contributed by atoms with Crippen molar-refractivity contribution in [1.82, 2.24) is 15.5 Å². The van der Waals surface area contributed by atoms with Gasteiger partial charge in [0, 0.05) is 11.5 Å². The number of ether oxygens (including phenoxy) is 2. The summed E-state index contributed by atoms with van der Waals surface area (Å²) in [6, 6.07) is 4.77. The first-order valence-corrected chi connectivity index (χ1v) is 8.39. The number of anilines is 1. The van der Waals surface area contributed by atoms with Crippen LogP contribution in [0.15, 0.2) is 18.2 Å². The zero-order chi connectivity index (χ0) is 18.4. The summed E-state index contributed by atoms with van der Waals surface area (Å²) in [7, 11) is 3.00. The average molecular weight is 364 g/mol. The van der Waals surface area contributed by atoms with Crippen LogP contribution < -0.4 is 20.1 Å². The minimum atomic E-state index is -0.392. The first kappa shape index (κ1) is 18.7. The number of carbonyl (C=O) groups excluding carboxylic acids is 2. The molecule has 1 aromatic heterocycles. The van der Waals surface area contributed by atoms with Gasteiger partial charge in [-0.15, -0.1) is 10.2 Å². The van der Waals surface area contributed by atoms with Gasteiger partial charge in [0.25, 0.3) is 5.91 Å². The Morgan fingerprint density at radius 1 is 1.16 bits per heavy atom. The lowest BCUT2D eigenvalue weighted by Crippen LogP contribution is -2.32. The Kier molecular flexibility index (Phi) is 6.29. The normalized spacial score (nSPS) is 10.4. The maximum Gasteiger partial charge on any atom is 0.251 e. The van der Waals surface area contributed by atoms with Crippen molar-refractivity contribution in [3.05, 3.63) is 28.8 Å². The standard InChI is InChI=1S/C16H20N4O4S/c1-9(2)15-19-20-16(25-15)18-13(21)8-17-14(22)10-5-6-11(23-3)12(7-10)24-4/h5-7,9H,8H2,1-4H3,(H,17,22)(H,18,20,21). The second-order valence-corrected chi connectivity index (χ2v) is 6.41. The van der Waals surface area contributed by atoms with Crippen LogP contribution in [0.1, 0.15) is 35.1 Å². The largest absolute Gasteiger partial charge is 0.493 e. The fraction of sp³-hybridized carbons (Fsp3) is 0.375. The number of aromatic nitrogens is 2. The summed E-state index contributed by atoms with van der Waals surface area (Å²) in [5.74, 6) is 0.438. The third-order valence-electron chi connectivity index (χ3n) is 3.24. The second kappa shape index (κ2) is 8.43. The van der Waals surface area contributed by atoms with Crippen molar-refractivity contribution < 1.29 is 19.1 Å². The first-order chi connectivity index (χ1) is 11.9. The number of nitrogens with one attached hydrogen (secondary N) is 2. The van der Waals surface area contributed by atoms with Crippen LogP contribution in [-0.2, 0) is 4.79 Å². The molecule has 2 rings (SSSR count). The molecule has 0 aliphatic heterocycles. The lowest BCUT2D eigenvalue weighted by Gasteiger charge is -2.09. The highest BCUT2D eigenvalue weighted by molar-refractivity contribution is 7.15. The highest BCUT2D eigenvalue weighted by Crippen LogP contribution is 2.27. The van der Waals surface area contributed by atoms with E-state index >= 15 is 0 Å². The van der Waals surface area contributed by atoms with Gasteiger partial charge in [0.2, 0.25) is 11.0 Å². The van der Waals surface area contributed by atoms with E-state index in [1.807, 2.05) is 13.8 Å². The van der Waals surface area contributed by atoms with E-state index in [1.165, 1.54) is 25.6 Å². The van der Waals surface area contributed by atoms with Crippen LogP contribution in [0.4, 0.5) is 5.13 Å². The van der Waals surface area contributed by atoms with Crippen LogP contribution >= 0.6 is 11.3 Å². The van der Waals surface area contributed by atoms with Gasteiger partial charge in [-0.05, 0) is 18.2 Å². The molecule has 0 saturated carbocycles. The highest BCUT2D eigenvalue weighted by Gasteiger charge is 2.14. The van der Waals surface area contributed by atoms with Crippen molar-refractivity contribution in [3.8, 4) is 11.5 Å². The molecule has 1 heterocycles. The van der Waals surface area contributed by atoms with E-state index in [1.54, 1.807) is 18.2 Å². The van der Waals surface area contributed by atoms with E-state index in [0.717, 1.165) is 5.01 Å². The van der Waals surface area contributed by atoms with Crippen molar-refractivity contribution in [2.24, 2.45) is 0 Å². The summed E-state index contributed by atoms with van der Waals surface area (Å²) < 4.78 is 10.3. The Balaban J connectivity index is 1.91. The fourth-order valence-corrected chi connectivity index (χ4v) is 2.68. The molecule has 0 atom stereocenters. The molecule has 0 aliphatic carbocycles. The smallest absolute Gasteiger partial charge is 0.251 e. The Morgan fingerprint density at radius 3 is 2.48 bits per heavy atom. The van der Waals surface area contributed by atoms with Gasteiger partial charge in [-0.3, -0.25) is 14.9 Å². The number of carbonyl (C=O) groups is 2. The molecule has 0 saturated heterocycles. The van der Waals surface area contributed by atoms with Crippen LogP contribution in [-0.4, -0.2) is 42.8 Å². The molecule has 0 bridgehead atoms. The topological polar surface area (TPSA) is 102 Å². The zero-order valence-corrected chi connectivity index (χ0v) is 15.3. The van der Waals surface area contributed by atoms with E-state index < -0.39 is 5.91 Å². The van der Waals surface area contributed by atoms with Crippen LogP contribution in [0, 0.1) is 0 Å². The van der Waals surface area contributed by atoms with Crippen LogP contribution in [0.25, 0.3) is 0 Å². The number of amides is 2. The quantitative estimate of drug-likeness (QED) is 0.779. The van der Waals surface area contributed by atoms with Gasteiger partial charge in [0.1, 0.15) is 5.01 Å². The predicted molar refractivity (Wildman–Crippen MR) is 94.5 cm³/mol. The molecule has 134 valence electrons. The summed E-state index contributed by atoms with van der Waals surface area (Å²) in [5, 5.41) is 14.3. The van der Waals surface area contributed by atoms with Crippen molar-refractivity contribution >= 4 is 28.3 Å². The van der Waals surface area contributed by atoms with Gasteiger partial charge in [0.15, 0.2) is 11.5 Å². The van der Waals surface area contributed by atoms with Gasteiger partial charge in [-0.2, -0.15) is 0 Å². The maximum atomic E-state index is 12.1. The molecule has 8 nitrogen and oxygen atoms in total. The first-order valence-electron chi connectivity index (χ1n) is 7.58. The molecule has 25 heavy (non-hydrogen) atoms. The molecule has 0 radical (unpaired) electrons. The van der Waals surface area contributed by atoms with Crippen molar-refractivity contribution in [1.29, 1.82) is 0 Å². The fourth-order valence-electron chi connectivity index (χ4n) is 1.92. The summed E-state index contributed by atoms with van der Waals surface area (Å²) in [6.07, 6.45) is 0. The minimum Gasteiger partial charge on any atom is -0.493 e. The van der Waals surface area contributed by atoms with Crippen molar-refractivity contribution in [2.75, 3.05) is 26.1 Å².